The molecule has 0 heterocycles. The second-order valence-corrected chi connectivity index (χ2v) is 4.49. The zero-order valence-corrected chi connectivity index (χ0v) is 10.5. The van der Waals surface area contributed by atoms with Crippen molar-refractivity contribution in [3.8, 4) is 0 Å². The third-order valence-corrected chi connectivity index (χ3v) is 2.83. The quantitative estimate of drug-likeness (QED) is 0.406. The molecule has 0 amide bonds. The van der Waals surface area contributed by atoms with Crippen LogP contribution in [0.3, 0.4) is 0 Å². The van der Waals surface area contributed by atoms with E-state index in [0.29, 0.717) is 6.42 Å². The van der Waals surface area contributed by atoms with Crippen molar-refractivity contribution in [3.05, 3.63) is 35.9 Å². The molecule has 6 heteroatoms. The van der Waals surface area contributed by atoms with E-state index < -0.39 is 17.4 Å². The molecule has 2 atom stereocenters. The van der Waals surface area contributed by atoms with Crippen LogP contribution in [0.1, 0.15) is 12.0 Å². The minimum Gasteiger partial charge on any atom is -0.481 e. The molecule has 0 aliphatic carbocycles. The lowest BCUT2D eigenvalue weighted by Crippen LogP contribution is -2.31. The Bertz CT molecular complexity index is 419. The molecule has 18 heavy (non-hydrogen) atoms. The molecular formula is C12H16ClN3O2. The smallest absolute Gasteiger partial charge is 0.304 e. The van der Waals surface area contributed by atoms with Gasteiger partial charge in [0.05, 0.1) is 17.8 Å². The topological polar surface area (TPSA) is 102 Å². The number of carbonyl (C=O) groups is 1. The second-order valence-electron chi connectivity index (χ2n) is 3.92. The standard InChI is InChI=1S/C12H16ClN3O2/c13-9(7-11(17)18)10(16-12(14)15)6-8-4-2-1-3-5-8/h1-5,9-10H,6-7H2,(H,17,18)(H4,14,15,16). The van der Waals surface area contributed by atoms with Gasteiger partial charge in [-0.15, -0.1) is 11.6 Å². The van der Waals surface area contributed by atoms with Crippen LogP contribution in [0.5, 0.6) is 0 Å². The summed E-state index contributed by atoms with van der Waals surface area (Å²) in [5.74, 6) is -1.06. The predicted molar refractivity (Wildman–Crippen MR) is 71.6 cm³/mol. The molecular weight excluding hydrogens is 254 g/mol. The van der Waals surface area contributed by atoms with Crippen molar-refractivity contribution >= 4 is 23.5 Å². The molecule has 0 radical (unpaired) electrons. The maximum atomic E-state index is 10.7. The van der Waals surface area contributed by atoms with Gasteiger partial charge < -0.3 is 16.6 Å². The van der Waals surface area contributed by atoms with Crippen LogP contribution >= 0.6 is 11.6 Å². The van der Waals surface area contributed by atoms with Crippen LogP contribution < -0.4 is 11.5 Å². The predicted octanol–water partition coefficient (Wildman–Crippen LogP) is 0.953. The van der Waals surface area contributed by atoms with Crippen LogP contribution in [0, 0.1) is 0 Å². The Balaban J connectivity index is 2.79. The Kier molecular flexibility index (Phi) is 5.45. The van der Waals surface area contributed by atoms with Gasteiger partial charge in [0.2, 0.25) is 0 Å². The van der Waals surface area contributed by atoms with Gasteiger partial charge in [-0.3, -0.25) is 4.79 Å². The molecule has 98 valence electrons. The first kappa shape index (κ1) is 14.3. The van der Waals surface area contributed by atoms with Crippen molar-refractivity contribution in [2.75, 3.05) is 0 Å². The molecule has 2 unspecified atom stereocenters. The molecule has 0 bridgehead atoms. The van der Waals surface area contributed by atoms with Crippen LogP contribution in [-0.2, 0) is 11.2 Å². The summed E-state index contributed by atoms with van der Waals surface area (Å²) in [6.07, 6.45) is 0.315. The number of aliphatic carboxylic acids is 1. The van der Waals surface area contributed by atoms with E-state index in [4.69, 9.17) is 28.2 Å². The summed E-state index contributed by atoms with van der Waals surface area (Å²) in [5.41, 5.74) is 11.7. The fourth-order valence-corrected chi connectivity index (χ4v) is 1.88. The van der Waals surface area contributed by atoms with Crippen molar-refractivity contribution in [3.63, 3.8) is 0 Å². The summed E-state index contributed by atoms with van der Waals surface area (Å²) < 4.78 is 0. The van der Waals surface area contributed by atoms with E-state index >= 15 is 0 Å². The lowest BCUT2D eigenvalue weighted by Gasteiger charge is -2.17. The van der Waals surface area contributed by atoms with E-state index in [0.717, 1.165) is 5.56 Å². The summed E-state index contributed by atoms with van der Waals surface area (Å²) in [5, 5.41) is 8.09. The highest BCUT2D eigenvalue weighted by atomic mass is 35.5. The number of nitrogens with two attached hydrogens (primary N) is 2. The minimum atomic E-state index is -0.973. The third-order valence-electron chi connectivity index (χ3n) is 2.39. The third kappa shape index (κ3) is 5.05. The van der Waals surface area contributed by atoms with E-state index in [1.807, 2.05) is 30.3 Å². The highest BCUT2D eigenvalue weighted by molar-refractivity contribution is 6.22. The molecule has 0 aliphatic rings. The number of carboxylic acid groups (broad SMARTS) is 1. The number of rotatable bonds is 6. The summed E-state index contributed by atoms with van der Waals surface area (Å²) in [6, 6.07) is 9.06. The Morgan fingerprint density at radius 1 is 1.33 bits per heavy atom. The maximum Gasteiger partial charge on any atom is 0.304 e. The molecule has 0 aromatic heterocycles. The number of carboxylic acids is 1. The molecule has 0 spiro atoms. The molecule has 5 N–H and O–H groups in total. The Hall–Kier alpha value is -1.75. The van der Waals surface area contributed by atoms with Gasteiger partial charge in [0.15, 0.2) is 5.96 Å². The largest absolute Gasteiger partial charge is 0.481 e. The minimum absolute atomic E-state index is 0.0908. The van der Waals surface area contributed by atoms with Crippen LogP contribution in [0.15, 0.2) is 35.3 Å². The second kappa shape index (κ2) is 6.86. The summed E-state index contributed by atoms with van der Waals surface area (Å²) in [7, 11) is 0. The molecule has 1 aromatic rings. The Labute approximate surface area is 110 Å². The fourth-order valence-electron chi connectivity index (χ4n) is 1.60. The van der Waals surface area contributed by atoms with Gasteiger partial charge in [0.25, 0.3) is 0 Å². The highest BCUT2D eigenvalue weighted by Gasteiger charge is 2.22. The highest BCUT2D eigenvalue weighted by Crippen LogP contribution is 2.16. The van der Waals surface area contributed by atoms with Crippen molar-refractivity contribution < 1.29 is 9.90 Å². The number of guanidine groups is 1. The molecule has 1 rings (SSSR count). The van der Waals surface area contributed by atoms with Gasteiger partial charge in [-0.25, -0.2) is 4.99 Å². The van der Waals surface area contributed by atoms with E-state index in [-0.39, 0.29) is 12.4 Å². The van der Waals surface area contributed by atoms with Gasteiger partial charge >= 0.3 is 5.97 Å². The molecule has 1 aromatic carbocycles. The lowest BCUT2D eigenvalue weighted by atomic mass is 10.0. The number of benzene rings is 1. The van der Waals surface area contributed by atoms with E-state index in [9.17, 15) is 4.79 Å². The van der Waals surface area contributed by atoms with E-state index in [1.54, 1.807) is 0 Å². The number of aliphatic imine (C=N–C) groups is 1. The van der Waals surface area contributed by atoms with Crippen molar-refractivity contribution in [2.45, 2.75) is 24.3 Å². The Morgan fingerprint density at radius 3 is 2.44 bits per heavy atom. The number of halogens is 1. The number of hydrogen-bond acceptors (Lipinski definition) is 2. The zero-order chi connectivity index (χ0) is 13.5. The maximum absolute atomic E-state index is 10.7. The first-order valence-corrected chi connectivity index (χ1v) is 5.91. The normalized spacial score (nSPS) is 13.6. The molecule has 0 aliphatic heterocycles. The van der Waals surface area contributed by atoms with Crippen molar-refractivity contribution in [2.24, 2.45) is 16.5 Å². The molecule has 5 nitrogen and oxygen atoms in total. The summed E-state index contributed by atoms with van der Waals surface area (Å²) in [4.78, 5) is 14.7. The first-order valence-electron chi connectivity index (χ1n) is 5.47. The first-order chi connectivity index (χ1) is 8.49. The van der Waals surface area contributed by atoms with Crippen LogP contribution in [-0.4, -0.2) is 28.5 Å². The van der Waals surface area contributed by atoms with Gasteiger partial charge in [-0.05, 0) is 12.0 Å². The van der Waals surface area contributed by atoms with Crippen molar-refractivity contribution in [1.82, 2.24) is 0 Å². The Morgan fingerprint density at radius 2 is 1.94 bits per heavy atom. The van der Waals surface area contributed by atoms with E-state index in [1.165, 1.54) is 0 Å². The number of nitrogens with zero attached hydrogens (tertiary/aromatic N) is 1. The van der Waals surface area contributed by atoms with Gasteiger partial charge in [-0.2, -0.15) is 0 Å². The average Bonchev–Trinajstić information content (AvgIpc) is 2.28. The van der Waals surface area contributed by atoms with Crippen LogP contribution in [0.25, 0.3) is 0 Å². The van der Waals surface area contributed by atoms with Gasteiger partial charge in [-0.1, -0.05) is 30.3 Å². The molecule has 0 fully saturated rings. The van der Waals surface area contributed by atoms with Crippen LogP contribution in [0.4, 0.5) is 0 Å². The van der Waals surface area contributed by atoms with Crippen molar-refractivity contribution in [1.29, 1.82) is 0 Å². The summed E-state index contributed by atoms with van der Waals surface area (Å²) >= 11 is 6.04. The van der Waals surface area contributed by atoms with Gasteiger partial charge in [0, 0.05) is 0 Å². The SMILES string of the molecule is NC(N)=NC(Cc1ccccc1)C(Cl)CC(=O)O. The fraction of sp³-hybridized carbons (Fsp3) is 0.333. The average molecular weight is 270 g/mol. The zero-order valence-electron chi connectivity index (χ0n) is 9.79. The van der Waals surface area contributed by atoms with E-state index in [2.05, 4.69) is 4.99 Å². The van der Waals surface area contributed by atoms with Gasteiger partial charge in [0.1, 0.15) is 0 Å². The summed E-state index contributed by atoms with van der Waals surface area (Å²) in [6.45, 7) is 0. The number of hydrogen-bond donors (Lipinski definition) is 3. The lowest BCUT2D eigenvalue weighted by molar-refractivity contribution is -0.137. The number of alkyl halides is 1. The van der Waals surface area contributed by atoms with Crippen LogP contribution in [0.2, 0.25) is 0 Å². The monoisotopic (exact) mass is 269 g/mol. The molecule has 0 saturated heterocycles. The molecule has 0 saturated carbocycles.